The average Bonchev–Trinajstić information content (AvgIpc) is 2.64. The van der Waals surface area contributed by atoms with Crippen LogP contribution in [0.3, 0.4) is 0 Å². The third-order valence-corrected chi connectivity index (χ3v) is 4.01. The Hall–Kier alpha value is -3.36. The van der Waals surface area contributed by atoms with Crippen LogP contribution in [-0.2, 0) is 4.74 Å². The highest BCUT2D eigenvalue weighted by atomic mass is 19.2. The number of fused-ring (bicyclic) bond motifs is 1. The van der Waals surface area contributed by atoms with E-state index in [1.165, 1.54) is 6.92 Å². The maximum absolute atomic E-state index is 14.4. The lowest BCUT2D eigenvalue weighted by Gasteiger charge is -2.17. The Morgan fingerprint density at radius 2 is 1.82 bits per heavy atom. The second-order valence-electron chi connectivity index (χ2n) is 5.66. The molecule has 0 radical (unpaired) electrons. The quantitative estimate of drug-likeness (QED) is 0.499. The highest BCUT2D eigenvalue weighted by molar-refractivity contribution is 5.96. The highest BCUT2D eigenvalue weighted by Gasteiger charge is 2.24. The number of hydrogen-bond donors (Lipinski definition) is 0. The molecule has 1 heterocycles. The zero-order valence-corrected chi connectivity index (χ0v) is 14.7. The second-order valence-corrected chi connectivity index (χ2v) is 5.66. The van der Waals surface area contributed by atoms with Crippen molar-refractivity contribution in [2.24, 2.45) is 0 Å². The highest BCUT2D eigenvalue weighted by Crippen LogP contribution is 2.32. The SMILES string of the molecule is CCOC(=O)c1cn(-c2ccc(F)cc2F)c2c(OC)c(F)c(F)cc2c1=O. The van der Waals surface area contributed by atoms with Crippen molar-refractivity contribution in [3.8, 4) is 11.4 Å². The van der Waals surface area contributed by atoms with Gasteiger partial charge in [0, 0.05) is 12.3 Å². The number of nitrogens with zero attached hydrogens (tertiary/aromatic N) is 1. The molecule has 5 nitrogen and oxygen atoms in total. The number of pyridine rings is 1. The summed E-state index contributed by atoms with van der Waals surface area (Å²) in [6, 6.07) is 3.09. The summed E-state index contributed by atoms with van der Waals surface area (Å²) in [5.74, 6) is -6.45. The van der Waals surface area contributed by atoms with Crippen molar-refractivity contribution >= 4 is 16.9 Å². The molecule has 28 heavy (non-hydrogen) atoms. The fraction of sp³-hybridized carbons (Fsp3) is 0.158. The van der Waals surface area contributed by atoms with E-state index in [0.717, 1.165) is 30.0 Å². The Kier molecular flexibility index (Phi) is 5.08. The molecule has 0 N–H and O–H groups in total. The standard InChI is InChI=1S/C19H13F4NO4/c1-3-28-19(26)11-8-24(14-5-4-9(20)6-12(14)21)16-10(17(11)25)7-13(22)15(23)18(16)27-2/h4-8H,3H2,1-2H3. The maximum atomic E-state index is 14.4. The molecule has 0 saturated heterocycles. The molecule has 2 aromatic carbocycles. The number of hydrogen-bond acceptors (Lipinski definition) is 4. The number of methoxy groups -OCH3 is 1. The fourth-order valence-electron chi connectivity index (χ4n) is 2.81. The normalized spacial score (nSPS) is 10.9. The van der Waals surface area contributed by atoms with Gasteiger partial charge in [-0.1, -0.05) is 0 Å². The number of benzene rings is 2. The number of esters is 1. The van der Waals surface area contributed by atoms with Crippen molar-refractivity contribution in [2.45, 2.75) is 6.92 Å². The lowest BCUT2D eigenvalue weighted by Crippen LogP contribution is -2.21. The van der Waals surface area contributed by atoms with E-state index in [4.69, 9.17) is 9.47 Å². The molecule has 3 aromatic rings. The molecule has 0 atom stereocenters. The number of aromatic nitrogens is 1. The average molecular weight is 395 g/mol. The molecule has 9 heteroatoms. The van der Waals surface area contributed by atoms with Crippen molar-refractivity contribution in [3.05, 3.63) is 69.5 Å². The number of ether oxygens (including phenoxy) is 2. The minimum atomic E-state index is -1.41. The van der Waals surface area contributed by atoms with E-state index in [1.54, 1.807) is 0 Å². The summed E-state index contributed by atoms with van der Waals surface area (Å²) in [7, 11) is 1.03. The third kappa shape index (κ3) is 3.08. The van der Waals surface area contributed by atoms with Gasteiger partial charge in [-0.2, -0.15) is 4.39 Å². The first-order valence-corrected chi connectivity index (χ1v) is 8.04. The first-order valence-electron chi connectivity index (χ1n) is 8.04. The van der Waals surface area contributed by atoms with Crippen LogP contribution in [0.25, 0.3) is 16.6 Å². The van der Waals surface area contributed by atoms with Gasteiger partial charge in [0.1, 0.15) is 22.7 Å². The van der Waals surface area contributed by atoms with E-state index in [1.807, 2.05) is 0 Å². The summed E-state index contributed by atoms with van der Waals surface area (Å²) in [4.78, 5) is 24.8. The first-order chi connectivity index (χ1) is 13.3. The molecule has 0 amide bonds. The van der Waals surface area contributed by atoms with E-state index in [-0.39, 0.29) is 17.8 Å². The van der Waals surface area contributed by atoms with Crippen molar-refractivity contribution < 1.29 is 31.8 Å². The summed E-state index contributed by atoms with van der Waals surface area (Å²) >= 11 is 0. The Balaban J connectivity index is 2.53. The van der Waals surface area contributed by atoms with Crippen LogP contribution < -0.4 is 10.2 Å². The predicted octanol–water partition coefficient (Wildman–Crippen LogP) is 3.73. The van der Waals surface area contributed by atoms with Gasteiger partial charge in [-0.25, -0.2) is 18.0 Å². The van der Waals surface area contributed by atoms with Crippen LogP contribution in [0.5, 0.6) is 5.75 Å². The lowest BCUT2D eigenvalue weighted by molar-refractivity contribution is 0.0524. The fourth-order valence-corrected chi connectivity index (χ4v) is 2.81. The van der Waals surface area contributed by atoms with Gasteiger partial charge in [-0.05, 0) is 25.1 Å². The smallest absolute Gasteiger partial charge is 0.343 e. The Labute approximate surface area is 155 Å². The van der Waals surface area contributed by atoms with Crippen molar-refractivity contribution in [1.82, 2.24) is 4.57 Å². The molecule has 146 valence electrons. The van der Waals surface area contributed by atoms with Crippen LogP contribution in [0.15, 0.2) is 35.3 Å². The molecule has 3 rings (SSSR count). The second kappa shape index (κ2) is 7.34. The summed E-state index contributed by atoms with van der Waals surface area (Å²) < 4.78 is 66.5. The predicted molar refractivity (Wildman–Crippen MR) is 91.9 cm³/mol. The minimum absolute atomic E-state index is 0.0533. The molecule has 1 aromatic heterocycles. The summed E-state index contributed by atoms with van der Waals surface area (Å²) in [5.41, 5.74) is -2.14. The van der Waals surface area contributed by atoms with Gasteiger partial charge in [0.25, 0.3) is 0 Å². The van der Waals surface area contributed by atoms with Gasteiger partial charge < -0.3 is 14.0 Å². The van der Waals surface area contributed by atoms with Gasteiger partial charge in [-0.15, -0.1) is 0 Å². The van der Waals surface area contributed by atoms with Gasteiger partial charge >= 0.3 is 5.97 Å². The topological polar surface area (TPSA) is 57.5 Å². The summed E-state index contributed by atoms with van der Waals surface area (Å²) in [6.07, 6.45) is 0.916. The minimum Gasteiger partial charge on any atom is -0.491 e. The lowest BCUT2D eigenvalue weighted by atomic mass is 10.1. The number of carbonyl (C=O) groups is 1. The summed E-state index contributed by atoms with van der Waals surface area (Å²) in [6.45, 7) is 1.46. The van der Waals surface area contributed by atoms with E-state index in [2.05, 4.69) is 0 Å². The van der Waals surface area contributed by atoms with Crippen molar-refractivity contribution in [2.75, 3.05) is 13.7 Å². The third-order valence-electron chi connectivity index (χ3n) is 4.01. The van der Waals surface area contributed by atoms with Gasteiger partial charge in [-0.3, -0.25) is 4.79 Å². The molecular formula is C19H13F4NO4. The molecule has 0 aliphatic carbocycles. The monoisotopic (exact) mass is 395 g/mol. The zero-order chi connectivity index (χ0) is 20.6. The van der Waals surface area contributed by atoms with Crippen LogP contribution in [0.1, 0.15) is 17.3 Å². The largest absolute Gasteiger partial charge is 0.491 e. The molecular weight excluding hydrogens is 382 g/mol. The number of halogens is 4. The maximum Gasteiger partial charge on any atom is 0.343 e. The van der Waals surface area contributed by atoms with Crippen LogP contribution >= 0.6 is 0 Å². The summed E-state index contributed by atoms with van der Waals surface area (Å²) in [5, 5.41) is -0.440. The van der Waals surface area contributed by atoms with Crippen molar-refractivity contribution in [3.63, 3.8) is 0 Å². The van der Waals surface area contributed by atoms with Crippen LogP contribution in [-0.4, -0.2) is 24.3 Å². The first kappa shape index (κ1) is 19.4. The van der Waals surface area contributed by atoms with E-state index in [9.17, 15) is 27.2 Å². The molecule has 0 spiro atoms. The van der Waals surface area contributed by atoms with Crippen LogP contribution in [0.2, 0.25) is 0 Å². The Morgan fingerprint density at radius 3 is 2.43 bits per heavy atom. The Morgan fingerprint density at radius 1 is 1.11 bits per heavy atom. The molecule has 0 unspecified atom stereocenters. The van der Waals surface area contributed by atoms with Crippen LogP contribution in [0.4, 0.5) is 17.6 Å². The van der Waals surface area contributed by atoms with Crippen LogP contribution in [0, 0.1) is 23.3 Å². The van der Waals surface area contributed by atoms with E-state index < -0.39 is 51.4 Å². The Bertz CT molecular complexity index is 1160. The zero-order valence-electron chi connectivity index (χ0n) is 14.7. The number of rotatable bonds is 4. The van der Waals surface area contributed by atoms with Gasteiger partial charge in [0.15, 0.2) is 11.6 Å². The van der Waals surface area contributed by atoms with E-state index >= 15 is 0 Å². The molecule has 0 saturated carbocycles. The molecule has 0 fully saturated rings. The van der Waals surface area contributed by atoms with Gasteiger partial charge in [0.05, 0.1) is 24.8 Å². The van der Waals surface area contributed by atoms with E-state index in [0.29, 0.717) is 12.1 Å². The molecule has 0 aliphatic heterocycles. The van der Waals surface area contributed by atoms with Crippen molar-refractivity contribution in [1.29, 1.82) is 0 Å². The van der Waals surface area contributed by atoms with Gasteiger partial charge in [0.2, 0.25) is 11.2 Å². The molecule has 0 bridgehead atoms. The molecule has 0 aliphatic rings. The number of carbonyl (C=O) groups excluding carboxylic acids is 1.